The second-order valence-corrected chi connectivity index (χ2v) is 5.30. The third kappa shape index (κ3) is 3.55. The molecule has 0 unspecified atom stereocenters. The fourth-order valence-electron chi connectivity index (χ4n) is 1.77. The van der Waals surface area contributed by atoms with Gasteiger partial charge in [-0.1, -0.05) is 15.9 Å². The normalized spacial score (nSPS) is 12.2. The molecule has 0 heterocycles. The monoisotopic (exact) mass is 342 g/mol. The van der Waals surface area contributed by atoms with Gasteiger partial charge in [-0.2, -0.15) is 0 Å². The highest BCUT2D eigenvalue weighted by molar-refractivity contribution is 9.10. The molecule has 0 bridgehead atoms. The van der Waals surface area contributed by atoms with Gasteiger partial charge in [-0.25, -0.2) is 8.78 Å². The first-order chi connectivity index (χ1) is 9.47. The Balaban J connectivity index is 2.18. The zero-order valence-corrected chi connectivity index (χ0v) is 12.3. The van der Waals surface area contributed by atoms with Crippen molar-refractivity contribution in [1.29, 1.82) is 0 Å². The van der Waals surface area contributed by atoms with Crippen LogP contribution in [0.4, 0.5) is 8.78 Å². The molecule has 0 radical (unpaired) electrons. The molecule has 0 aromatic heterocycles. The Bertz CT molecular complexity index is 615. The van der Waals surface area contributed by atoms with Gasteiger partial charge >= 0.3 is 0 Å². The molecule has 1 N–H and O–H groups in total. The van der Waals surface area contributed by atoms with E-state index in [2.05, 4.69) is 15.9 Å². The predicted octanol–water partition coefficient (Wildman–Crippen LogP) is 4.36. The van der Waals surface area contributed by atoms with Crippen molar-refractivity contribution >= 4 is 15.9 Å². The summed E-state index contributed by atoms with van der Waals surface area (Å²) < 4.78 is 32.6. The van der Waals surface area contributed by atoms with E-state index in [1.165, 1.54) is 12.1 Å². The lowest BCUT2D eigenvalue weighted by atomic mass is 10.1. The molecule has 0 spiro atoms. The number of hydrogen-bond donors (Lipinski definition) is 1. The number of aliphatic hydroxyl groups is 1. The van der Waals surface area contributed by atoms with Crippen molar-refractivity contribution in [1.82, 2.24) is 0 Å². The molecule has 0 aliphatic heterocycles. The molecular weight excluding hydrogens is 330 g/mol. The number of aliphatic hydroxyl groups excluding tert-OH is 1. The second kappa shape index (κ2) is 6.33. The summed E-state index contributed by atoms with van der Waals surface area (Å²) in [5.41, 5.74) is 0.854. The van der Waals surface area contributed by atoms with Gasteiger partial charge in [0.05, 0.1) is 6.10 Å². The lowest BCUT2D eigenvalue weighted by Gasteiger charge is -2.14. The van der Waals surface area contributed by atoms with Crippen molar-refractivity contribution in [2.45, 2.75) is 19.6 Å². The van der Waals surface area contributed by atoms with Crippen molar-refractivity contribution < 1.29 is 18.6 Å². The summed E-state index contributed by atoms with van der Waals surface area (Å²) in [6.45, 7) is 1.58. The molecule has 1 atom stereocenters. The zero-order chi connectivity index (χ0) is 14.7. The van der Waals surface area contributed by atoms with Crippen molar-refractivity contribution in [3.8, 4) is 5.75 Å². The quantitative estimate of drug-likeness (QED) is 0.894. The van der Waals surface area contributed by atoms with Gasteiger partial charge in [-0.3, -0.25) is 0 Å². The minimum absolute atomic E-state index is 0.0343. The van der Waals surface area contributed by atoms with Crippen LogP contribution in [0.2, 0.25) is 0 Å². The summed E-state index contributed by atoms with van der Waals surface area (Å²) in [6.07, 6.45) is -0.708. The lowest BCUT2D eigenvalue weighted by molar-refractivity contribution is 0.189. The predicted molar refractivity (Wildman–Crippen MR) is 75.5 cm³/mol. The minimum Gasteiger partial charge on any atom is -0.488 e. The third-order valence-electron chi connectivity index (χ3n) is 2.82. The largest absolute Gasteiger partial charge is 0.488 e. The lowest BCUT2D eigenvalue weighted by Crippen LogP contribution is -2.03. The molecule has 0 amide bonds. The first-order valence-electron chi connectivity index (χ1n) is 6.01. The van der Waals surface area contributed by atoms with Gasteiger partial charge in [0, 0.05) is 21.7 Å². The highest BCUT2D eigenvalue weighted by atomic mass is 79.9. The average molecular weight is 343 g/mol. The van der Waals surface area contributed by atoms with Gasteiger partial charge < -0.3 is 9.84 Å². The van der Waals surface area contributed by atoms with Crippen molar-refractivity contribution in [3.05, 3.63) is 63.6 Å². The van der Waals surface area contributed by atoms with Crippen LogP contribution >= 0.6 is 15.9 Å². The zero-order valence-electron chi connectivity index (χ0n) is 10.7. The van der Waals surface area contributed by atoms with E-state index in [4.69, 9.17) is 4.74 Å². The van der Waals surface area contributed by atoms with Gasteiger partial charge in [0.25, 0.3) is 0 Å². The maximum absolute atomic E-state index is 13.5. The molecular formula is C15H13BrF2O2. The maximum atomic E-state index is 13.5. The van der Waals surface area contributed by atoms with Crippen LogP contribution in [-0.4, -0.2) is 5.11 Å². The first-order valence-corrected chi connectivity index (χ1v) is 6.81. The molecule has 0 aliphatic rings. The Kier molecular flexibility index (Phi) is 4.73. The molecule has 2 aromatic carbocycles. The Morgan fingerprint density at radius 3 is 2.60 bits per heavy atom. The van der Waals surface area contributed by atoms with Gasteiger partial charge in [-0.05, 0) is 37.3 Å². The van der Waals surface area contributed by atoms with E-state index >= 15 is 0 Å². The summed E-state index contributed by atoms with van der Waals surface area (Å²) >= 11 is 3.31. The fourth-order valence-corrected chi connectivity index (χ4v) is 2.15. The number of benzene rings is 2. The summed E-state index contributed by atoms with van der Waals surface area (Å²) in [5, 5.41) is 9.69. The molecule has 2 nitrogen and oxygen atoms in total. The maximum Gasteiger partial charge on any atom is 0.132 e. The minimum atomic E-state index is -0.708. The van der Waals surface area contributed by atoms with Crippen LogP contribution < -0.4 is 4.74 Å². The third-order valence-corrected chi connectivity index (χ3v) is 3.31. The van der Waals surface area contributed by atoms with E-state index in [1.807, 2.05) is 0 Å². The summed E-state index contributed by atoms with van der Waals surface area (Å²) in [6, 6.07) is 8.52. The van der Waals surface area contributed by atoms with Crippen LogP contribution in [0.25, 0.3) is 0 Å². The Morgan fingerprint density at radius 2 is 1.95 bits per heavy atom. The Labute approximate surface area is 124 Å². The van der Waals surface area contributed by atoms with Crippen LogP contribution in [0.1, 0.15) is 24.2 Å². The fraction of sp³-hybridized carbons (Fsp3) is 0.200. The van der Waals surface area contributed by atoms with Gasteiger partial charge in [-0.15, -0.1) is 0 Å². The molecule has 2 aromatic rings. The van der Waals surface area contributed by atoms with E-state index in [0.717, 1.165) is 10.5 Å². The summed E-state index contributed by atoms with van der Waals surface area (Å²) in [7, 11) is 0. The van der Waals surface area contributed by atoms with Crippen molar-refractivity contribution in [2.75, 3.05) is 0 Å². The van der Waals surface area contributed by atoms with Crippen LogP contribution in [-0.2, 0) is 6.61 Å². The summed E-state index contributed by atoms with van der Waals surface area (Å²) in [4.78, 5) is 0. The molecule has 0 saturated heterocycles. The second-order valence-electron chi connectivity index (χ2n) is 4.38. The van der Waals surface area contributed by atoms with Crippen LogP contribution in [0.5, 0.6) is 5.75 Å². The smallest absolute Gasteiger partial charge is 0.132 e. The van der Waals surface area contributed by atoms with Crippen LogP contribution in [0.15, 0.2) is 40.9 Å². The van der Waals surface area contributed by atoms with E-state index in [9.17, 15) is 13.9 Å². The van der Waals surface area contributed by atoms with Crippen LogP contribution in [0, 0.1) is 11.6 Å². The molecule has 106 valence electrons. The van der Waals surface area contributed by atoms with Gasteiger partial charge in [0.15, 0.2) is 0 Å². The molecule has 2 rings (SSSR count). The standard InChI is InChI=1S/C15H13BrF2O2/c1-9(19)13-6-11(16)3-5-15(13)20-8-10-2-4-12(17)7-14(10)18/h2-7,9,19H,8H2,1H3/t9-/m0/s1. The van der Waals surface area contributed by atoms with Crippen molar-refractivity contribution in [2.24, 2.45) is 0 Å². The van der Waals surface area contributed by atoms with E-state index in [-0.39, 0.29) is 12.2 Å². The average Bonchev–Trinajstić information content (AvgIpc) is 2.38. The molecule has 0 saturated carbocycles. The van der Waals surface area contributed by atoms with Crippen LogP contribution in [0.3, 0.4) is 0 Å². The molecule has 5 heteroatoms. The number of rotatable bonds is 4. The van der Waals surface area contributed by atoms with Gasteiger partial charge in [0.2, 0.25) is 0 Å². The Hall–Kier alpha value is -1.46. The highest BCUT2D eigenvalue weighted by Gasteiger charge is 2.11. The molecule has 0 fully saturated rings. The number of hydrogen-bond acceptors (Lipinski definition) is 2. The van der Waals surface area contributed by atoms with E-state index < -0.39 is 17.7 Å². The number of halogens is 3. The highest BCUT2D eigenvalue weighted by Crippen LogP contribution is 2.29. The van der Waals surface area contributed by atoms with E-state index in [1.54, 1.807) is 25.1 Å². The summed E-state index contributed by atoms with van der Waals surface area (Å²) in [5.74, 6) is -0.813. The molecule has 20 heavy (non-hydrogen) atoms. The van der Waals surface area contributed by atoms with E-state index in [0.29, 0.717) is 11.3 Å². The Morgan fingerprint density at radius 1 is 1.20 bits per heavy atom. The SMILES string of the molecule is C[C@H](O)c1cc(Br)ccc1OCc1ccc(F)cc1F. The molecule has 0 aliphatic carbocycles. The topological polar surface area (TPSA) is 29.5 Å². The van der Waals surface area contributed by atoms with Gasteiger partial charge in [0.1, 0.15) is 24.0 Å². The van der Waals surface area contributed by atoms with Crippen molar-refractivity contribution in [3.63, 3.8) is 0 Å². The first kappa shape index (κ1) is 14.9. The number of ether oxygens (including phenoxy) is 1.